The van der Waals surface area contributed by atoms with Crippen molar-refractivity contribution in [3.05, 3.63) is 80.5 Å². The molecule has 8 nitrogen and oxygen atoms in total. The minimum Gasteiger partial charge on any atom is -0.493 e. The van der Waals surface area contributed by atoms with Crippen molar-refractivity contribution in [3.63, 3.8) is 0 Å². The van der Waals surface area contributed by atoms with Crippen LogP contribution in [0.4, 0.5) is 0 Å². The van der Waals surface area contributed by atoms with Gasteiger partial charge in [0.2, 0.25) is 5.17 Å². The number of amidine groups is 2. The Morgan fingerprint density at radius 1 is 1.13 bits per heavy atom. The highest BCUT2D eigenvalue weighted by molar-refractivity contribution is 8.27. The molecule has 2 aromatic carbocycles. The molecule has 0 unspecified atom stereocenters. The van der Waals surface area contributed by atoms with E-state index >= 15 is 0 Å². The molecule has 0 aliphatic carbocycles. The van der Waals surface area contributed by atoms with E-state index in [2.05, 4.69) is 10.1 Å². The number of nitrogens with one attached hydrogen (secondary N) is 1. The number of methoxy groups -OCH3 is 1. The van der Waals surface area contributed by atoms with Crippen LogP contribution in [0.15, 0.2) is 69.6 Å². The van der Waals surface area contributed by atoms with Gasteiger partial charge in [-0.3, -0.25) is 10.2 Å². The number of aryl methyl sites for hydroxylation is 1. The Morgan fingerprint density at radius 2 is 1.97 bits per heavy atom. The summed E-state index contributed by atoms with van der Waals surface area (Å²) in [6.45, 7) is 2.88. The van der Waals surface area contributed by atoms with Crippen LogP contribution in [0.5, 0.6) is 17.2 Å². The van der Waals surface area contributed by atoms with Gasteiger partial charge in [-0.2, -0.15) is 15.1 Å². The van der Waals surface area contributed by atoms with Gasteiger partial charge in [0.25, 0.3) is 5.91 Å². The lowest BCUT2D eigenvalue weighted by atomic mass is 10.1. The Hall–Kier alpha value is -3.60. The van der Waals surface area contributed by atoms with Crippen LogP contribution >= 0.6 is 34.7 Å². The number of hydrogen-bond acceptors (Lipinski definition) is 8. The zero-order valence-corrected chi connectivity index (χ0v) is 23.0. The first kappa shape index (κ1) is 26.0. The molecule has 3 aromatic rings. The van der Waals surface area contributed by atoms with Crippen LogP contribution in [0.1, 0.15) is 22.4 Å². The molecule has 11 heteroatoms. The van der Waals surface area contributed by atoms with E-state index in [4.69, 9.17) is 31.2 Å². The summed E-state index contributed by atoms with van der Waals surface area (Å²) in [6.07, 6.45) is 2.20. The topological polar surface area (TPSA) is 96.6 Å². The average Bonchev–Trinajstić information content (AvgIpc) is 3.57. The predicted octanol–water partition coefficient (Wildman–Crippen LogP) is 6.23. The number of benzene rings is 2. The fraction of sp³-hybridized carbons (Fsp3) is 0.185. The van der Waals surface area contributed by atoms with Gasteiger partial charge in [0.05, 0.1) is 35.8 Å². The first-order valence-corrected chi connectivity index (χ1v) is 13.7. The Morgan fingerprint density at radius 3 is 2.74 bits per heavy atom. The fourth-order valence-corrected chi connectivity index (χ4v) is 5.71. The molecule has 2 aliphatic heterocycles. The van der Waals surface area contributed by atoms with E-state index < -0.39 is 5.91 Å². The maximum Gasteiger partial charge on any atom is 0.283 e. The van der Waals surface area contributed by atoms with E-state index in [0.29, 0.717) is 51.9 Å². The van der Waals surface area contributed by atoms with Crippen molar-refractivity contribution in [2.24, 2.45) is 10.1 Å². The number of carbonyl (C=O) groups is 1. The highest BCUT2D eigenvalue weighted by Gasteiger charge is 2.36. The predicted molar refractivity (Wildman–Crippen MR) is 153 cm³/mol. The first-order valence-electron chi connectivity index (χ1n) is 11.7. The van der Waals surface area contributed by atoms with Crippen LogP contribution < -0.4 is 14.2 Å². The number of fused-ring (bicyclic) bond motifs is 1. The zero-order chi connectivity index (χ0) is 26.6. The van der Waals surface area contributed by atoms with Gasteiger partial charge in [0.1, 0.15) is 10.8 Å². The second kappa shape index (κ2) is 11.4. The maximum atomic E-state index is 12.8. The Labute approximate surface area is 233 Å². The van der Waals surface area contributed by atoms with Gasteiger partial charge in [-0.15, -0.1) is 11.3 Å². The molecule has 1 aromatic heterocycles. The van der Waals surface area contributed by atoms with Crippen molar-refractivity contribution in [1.29, 1.82) is 5.41 Å². The van der Waals surface area contributed by atoms with Gasteiger partial charge in [-0.05, 0) is 71.6 Å². The number of halogens is 1. The van der Waals surface area contributed by atoms with Crippen LogP contribution in [-0.4, -0.2) is 47.3 Å². The highest BCUT2D eigenvalue weighted by atomic mass is 35.5. The summed E-state index contributed by atoms with van der Waals surface area (Å²) in [7, 11) is 1.52. The fourth-order valence-electron chi connectivity index (χ4n) is 3.75. The number of carbonyl (C=O) groups excluding carboxylic acids is 1. The number of hydrogen-bond donors (Lipinski definition) is 1. The molecule has 0 saturated carbocycles. The van der Waals surface area contributed by atoms with Crippen LogP contribution in [-0.2, 0) is 4.79 Å². The lowest BCUT2D eigenvalue weighted by molar-refractivity contribution is -0.114. The molecule has 1 N–H and O–H groups in total. The number of ether oxygens (including phenoxy) is 3. The second-order valence-corrected chi connectivity index (χ2v) is 10.6. The summed E-state index contributed by atoms with van der Waals surface area (Å²) < 4.78 is 17.2. The van der Waals surface area contributed by atoms with Gasteiger partial charge in [0, 0.05) is 6.42 Å². The molecule has 0 spiro atoms. The first-order chi connectivity index (χ1) is 18.4. The van der Waals surface area contributed by atoms with Crippen molar-refractivity contribution in [2.45, 2.75) is 13.3 Å². The lowest BCUT2D eigenvalue weighted by Gasteiger charge is -2.20. The molecule has 0 radical (unpaired) electrons. The van der Waals surface area contributed by atoms with Gasteiger partial charge in [-0.25, -0.2) is 0 Å². The average molecular weight is 567 g/mol. The number of thioether (sulfide) groups is 1. The lowest BCUT2D eigenvalue weighted by Crippen LogP contribution is -2.35. The van der Waals surface area contributed by atoms with Crippen molar-refractivity contribution < 1.29 is 19.0 Å². The third-order valence-electron chi connectivity index (χ3n) is 5.54. The summed E-state index contributed by atoms with van der Waals surface area (Å²) in [6, 6.07) is 15.1. The minimum absolute atomic E-state index is 0.0527. The number of amides is 1. The van der Waals surface area contributed by atoms with Crippen LogP contribution in [0.25, 0.3) is 6.08 Å². The molecular weight excluding hydrogens is 544 g/mol. The second-order valence-electron chi connectivity index (χ2n) is 8.30. The third-order valence-corrected chi connectivity index (χ3v) is 7.77. The Balaban J connectivity index is 1.27. The molecule has 0 atom stereocenters. The van der Waals surface area contributed by atoms with E-state index in [-0.39, 0.29) is 11.4 Å². The number of thiophene rings is 1. The Bertz CT molecular complexity index is 1480. The zero-order valence-electron chi connectivity index (χ0n) is 20.6. The van der Waals surface area contributed by atoms with Crippen molar-refractivity contribution >= 4 is 62.7 Å². The van der Waals surface area contributed by atoms with E-state index in [1.807, 2.05) is 48.7 Å². The molecular formula is C27H23ClN4O4S2. The molecule has 5 rings (SSSR count). The van der Waals surface area contributed by atoms with Gasteiger partial charge >= 0.3 is 0 Å². The van der Waals surface area contributed by atoms with Crippen molar-refractivity contribution in [3.8, 4) is 17.2 Å². The summed E-state index contributed by atoms with van der Waals surface area (Å²) >= 11 is 9.33. The molecule has 2 aliphatic rings. The number of aliphatic imine (C=N–C) groups is 1. The highest BCUT2D eigenvalue weighted by Crippen LogP contribution is 2.38. The molecule has 38 heavy (non-hydrogen) atoms. The summed E-state index contributed by atoms with van der Waals surface area (Å²) in [5.41, 5.74) is 1.81. The smallest absolute Gasteiger partial charge is 0.283 e. The molecule has 194 valence electrons. The quantitative estimate of drug-likeness (QED) is 0.243. The Kier molecular flexibility index (Phi) is 7.82. The number of hydrazone groups is 1. The van der Waals surface area contributed by atoms with Crippen molar-refractivity contribution in [1.82, 2.24) is 5.01 Å². The van der Waals surface area contributed by atoms with Crippen LogP contribution in [0.2, 0.25) is 5.02 Å². The molecule has 0 bridgehead atoms. The SMILES string of the molecule is COc1cc(/C=C2/C(=N)N3N=C(c4cccs4)SC3=NC2=O)cc(Cl)c1OCCCOc1cccc(C)c1. The number of nitrogens with zero attached hydrogens (tertiary/aromatic N) is 3. The maximum absolute atomic E-state index is 12.8. The van der Waals surface area contributed by atoms with Crippen LogP contribution in [0.3, 0.4) is 0 Å². The molecule has 1 amide bonds. The summed E-state index contributed by atoms with van der Waals surface area (Å²) in [5.74, 6) is 1.07. The van der Waals surface area contributed by atoms with Gasteiger partial charge < -0.3 is 14.2 Å². The van der Waals surface area contributed by atoms with Crippen molar-refractivity contribution in [2.75, 3.05) is 20.3 Å². The monoisotopic (exact) mass is 566 g/mol. The van der Waals surface area contributed by atoms with E-state index in [0.717, 1.165) is 16.2 Å². The van der Waals surface area contributed by atoms with E-state index in [1.165, 1.54) is 35.2 Å². The molecule has 0 fully saturated rings. The molecule has 0 saturated heterocycles. The van der Waals surface area contributed by atoms with E-state index in [9.17, 15) is 4.79 Å². The normalized spacial score (nSPS) is 15.9. The van der Waals surface area contributed by atoms with Crippen LogP contribution in [0, 0.1) is 12.3 Å². The minimum atomic E-state index is -0.514. The number of rotatable bonds is 9. The third kappa shape index (κ3) is 5.62. The van der Waals surface area contributed by atoms with Gasteiger partial charge in [0.15, 0.2) is 17.3 Å². The standard InChI is InChI=1S/C27H23ClN4O4S2/c1-16-6-3-7-18(12-16)35-9-5-10-36-23-20(28)14-17(15-21(23)34-2)13-19-24(29)32-27(30-25(19)33)38-26(31-32)22-8-4-11-37-22/h3-4,6-8,11-15,29H,5,9-10H2,1-2H3/b19-13-,29-24?. The summed E-state index contributed by atoms with van der Waals surface area (Å²) in [5, 5.41) is 17.8. The van der Waals surface area contributed by atoms with E-state index in [1.54, 1.807) is 18.2 Å². The molecule has 3 heterocycles. The largest absolute Gasteiger partial charge is 0.493 e. The van der Waals surface area contributed by atoms with Gasteiger partial charge in [-0.1, -0.05) is 29.8 Å². The summed E-state index contributed by atoms with van der Waals surface area (Å²) in [4.78, 5) is 17.9.